The summed E-state index contributed by atoms with van der Waals surface area (Å²) in [5, 5.41) is 0. The van der Waals surface area contributed by atoms with E-state index in [9.17, 15) is 4.79 Å². The van der Waals surface area contributed by atoms with Gasteiger partial charge in [-0.3, -0.25) is 14.8 Å². The topological polar surface area (TPSA) is 50.6 Å². The van der Waals surface area contributed by atoms with Crippen molar-refractivity contribution in [3.8, 4) is 22.3 Å². The first-order valence-electron chi connectivity index (χ1n) is 11.2. The summed E-state index contributed by atoms with van der Waals surface area (Å²) >= 11 is 0. The van der Waals surface area contributed by atoms with Crippen molar-refractivity contribution in [2.75, 3.05) is 0 Å². The van der Waals surface area contributed by atoms with Gasteiger partial charge in [0, 0.05) is 60.2 Å². The van der Waals surface area contributed by atoms with Crippen LogP contribution in [0, 0.1) is 0 Å². The van der Waals surface area contributed by atoms with E-state index in [-0.39, 0.29) is 5.78 Å². The van der Waals surface area contributed by atoms with Crippen LogP contribution in [0.2, 0.25) is 0 Å². The summed E-state index contributed by atoms with van der Waals surface area (Å²) in [6.45, 7) is 1.05. The molecule has 5 nitrogen and oxygen atoms in total. The molecule has 0 unspecified atom stereocenters. The van der Waals surface area contributed by atoms with Crippen LogP contribution in [0.25, 0.3) is 22.3 Å². The molecule has 0 saturated heterocycles. The number of Topliss-reactive ketones (excluding diaryl/α,β-unsaturated/α-hetero) is 1. The van der Waals surface area contributed by atoms with Crippen molar-refractivity contribution in [3.63, 3.8) is 0 Å². The minimum absolute atomic E-state index is 0.0857. The van der Waals surface area contributed by atoms with E-state index >= 15 is 0 Å². The van der Waals surface area contributed by atoms with Gasteiger partial charge in [-0.1, -0.05) is 24.3 Å². The fourth-order valence-electron chi connectivity index (χ4n) is 3.86. The van der Waals surface area contributed by atoms with E-state index in [1.165, 1.54) is 0 Å². The fourth-order valence-corrected chi connectivity index (χ4v) is 3.86. The summed E-state index contributed by atoms with van der Waals surface area (Å²) in [5.74, 6) is 0.0857. The van der Waals surface area contributed by atoms with Gasteiger partial charge >= 0.3 is 0 Å². The van der Waals surface area contributed by atoms with Crippen LogP contribution in [0.3, 0.4) is 0 Å². The van der Waals surface area contributed by atoms with E-state index in [4.69, 9.17) is 0 Å². The SMILES string of the molecule is O=C(C[n+]1ccc(-c2ccncc2)cc1)c1ccc(C[n+]2ccc(-c3ccncc3)cc2)cc1. The maximum Gasteiger partial charge on any atom is 0.227 e. The summed E-state index contributed by atoms with van der Waals surface area (Å²) < 4.78 is 4.03. The first-order valence-corrected chi connectivity index (χ1v) is 11.2. The predicted octanol–water partition coefficient (Wildman–Crippen LogP) is 4.32. The van der Waals surface area contributed by atoms with Crippen molar-refractivity contribution in [2.45, 2.75) is 13.1 Å². The van der Waals surface area contributed by atoms with Crippen LogP contribution < -0.4 is 9.13 Å². The lowest BCUT2D eigenvalue weighted by Gasteiger charge is -2.03. The molecule has 34 heavy (non-hydrogen) atoms. The van der Waals surface area contributed by atoms with Crippen molar-refractivity contribution in [2.24, 2.45) is 0 Å². The number of nitrogens with zero attached hydrogens (tertiary/aromatic N) is 4. The number of pyridine rings is 4. The predicted molar refractivity (Wildman–Crippen MR) is 130 cm³/mol. The highest BCUT2D eigenvalue weighted by Gasteiger charge is 2.13. The van der Waals surface area contributed by atoms with Crippen LogP contribution in [0.15, 0.2) is 122 Å². The summed E-state index contributed by atoms with van der Waals surface area (Å²) in [6, 6.07) is 24.1. The first kappa shape index (κ1) is 21.3. The number of carbonyl (C=O) groups excluding carboxylic acids is 1. The Morgan fingerprint density at radius 1 is 0.559 bits per heavy atom. The molecule has 0 spiro atoms. The fraction of sp³-hybridized carbons (Fsp3) is 0.0690. The van der Waals surface area contributed by atoms with E-state index in [2.05, 4.69) is 39.1 Å². The van der Waals surface area contributed by atoms with Crippen LogP contribution in [-0.4, -0.2) is 15.8 Å². The average Bonchev–Trinajstić information content (AvgIpc) is 2.91. The molecule has 0 atom stereocenters. The number of carbonyl (C=O) groups is 1. The lowest BCUT2D eigenvalue weighted by molar-refractivity contribution is -0.688. The highest BCUT2D eigenvalue weighted by Crippen LogP contribution is 2.17. The van der Waals surface area contributed by atoms with Crippen LogP contribution in [-0.2, 0) is 13.1 Å². The number of ketones is 1. The van der Waals surface area contributed by atoms with E-state index in [1.807, 2.05) is 77.6 Å². The summed E-state index contributed by atoms with van der Waals surface area (Å²) in [4.78, 5) is 20.9. The van der Waals surface area contributed by atoms with Gasteiger partial charge in [-0.2, -0.15) is 4.57 Å². The van der Waals surface area contributed by atoms with Crippen molar-refractivity contribution < 1.29 is 13.9 Å². The Balaban J connectivity index is 1.20. The third-order valence-electron chi connectivity index (χ3n) is 5.78. The third kappa shape index (κ3) is 5.10. The van der Waals surface area contributed by atoms with Gasteiger partial charge in [0.2, 0.25) is 12.3 Å². The minimum atomic E-state index is 0.0857. The number of aromatic nitrogens is 4. The van der Waals surface area contributed by atoms with Gasteiger partial charge < -0.3 is 0 Å². The second-order valence-electron chi connectivity index (χ2n) is 8.11. The Morgan fingerprint density at radius 2 is 1.00 bits per heavy atom. The zero-order chi connectivity index (χ0) is 23.2. The molecule has 0 amide bonds. The average molecular weight is 445 g/mol. The van der Waals surface area contributed by atoms with Gasteiger partial charge in [-0.15, -0.1) is 0 Å². The van der Waals surface area contributed by atoms with Gasteiger partial charge in [0.05, 0.1) is 0 Å². The van der Waals surface area contributed by atoms with E-state index < -0.39 is 0 Å². The molecule has 0 aliphatic heterocycles. The molecule has 0 aliphatic rings. The lowest BCUT2D eigenvalue weighted by atomic mass is 10.1. The molecule has 0 bridgehead atoms. The van der Waals surface area contributed by atoms with E-state index in [0.29, 0.717) is 12.1 Å². The minimum Gasteiger partial charge on any atom is -0.287 e. The summed E-state index contributed by atoms with van der Waals surface area (Å²) in [7, 11) is 0. The normalized spacial score (nSPS) is 10.7. The molecule has 5 aromatic rings. The Kier molecular flexibility index (Phi) is 6.25. The standard InChI is InChI=1S/C29H24N4O/c34-29(22-33-19-11-27(12-20-33)25-7-15-31-16-8-25)28-3-1-23(2-4-28)21-32-17-9-26(10-18-32)24-5-13-30-14-6-24/h1-20H,21-22H2/q+2. The molecule has 4 heterocycles. The van der Waals surface area contributed by atoms with Gasteiger partial charge in [0.15, 0.2) is 31.3 Å². The first-order chi connectivity index (χ1) is 16.7. The number of hydrogen-bond acceptors (Lipinski definition) is 3. The molecule has 0 aliphatic carbocycles. The van der Waals surface area contributed by atoms with Crippen molar-refractivity contribution >= 4 is 5.78 Å². The Morgan fingerprint density at radius 3 is 1.50 bits per heavy atom. The highest BCUT2D eigenvalue weighted by atomic mass is 16.1. The number of benzene rings is 1. The molecular weight excluding hydrogens is 420 g/mol. The monoisotopic (exact) mass is 444 g/mol. The molecule has 5 rings (SSSR count). The van der Waals surface area contributed by atoms with Gasteiger partial charge in [-0.25, -0.2) is 4.57 Å². The van der Waals surface area contributed by atoms with Gasteiger partial charge in [0.25, 0.3) is 0 Å². The summed E-state index contributed by atoms with van der Waals surface area (Å²) in [6.07, 6.45) is 15.2. The maximum absolute atomic E-state index is 12.8. The van der Waals surface area contributed by atoms with Gasteiger partial charge in [-0.05, 0) is 46.5 Å². The summed E-state index contributed by atoms with van der Waals surface area (Å²) in [5.41, 5.74) is 6.37. The number of rotatable bonds is 7. The molecule has 0 radical (unpaired) electrons. The lowest BCUT2D eigenvalue weighted by Crippen LogP contribution is -2.37. The van der Waals surface area contributed by atoms with E-state index in [1.54, 1.807) is 24.8 Å². The Hall–Kier alpha value is -4.51. The Bertz CT molecular complexity index is 1370. The molecule has 4 aromatic heterocycles. The van der Waals surface area contributed by atoms with Crippen LogP contribution in [0.1, 0.15) is 15.9 Å². The van der Waals surface area contributed by atoms with Crippen molar-refractivity contribution in [3.05, 3.63) is 133 Å². The largest absolute Gasteiger partial charge is 0.287 e. The second kappa shape index (κ2) is 9.96. The molecule has 0 fully saturated rings. The van der Waals surface area contributed by atoms with Crippen molar-refractivity contribution in [1.29, 1.82) is 0 Å². The maximum atomic E-state index is 12.8. The van der Waals surface area contributed by atoms with Gasteiger partial charge in [0.1, 0.15) is 0 Å². The van der Waals surface area contributed by atoms with E-state index in [0.717, 1.165) is 34.4 Å². The van der Waals surface area contributed by atoms with Crippen LogP contribution in [0.4, 0.5) is 0 Å². The molecular formula is C29H24N4O+2. The Labute approximate surface area is 198 Å². The number of hydrogen-bond donors (Lipinski definition) is 0. The molecule has 164 valence electrons. The zero-order valence-corrected chi connectivity index (χ0v) is 18.7. The molecule has 0 saturated carbocycles. The molecule has 5 heteroatoms. The highest BCUT2D eigenvalue weighted by molar-refractivity contribution is 5.95. The quantitative estimate of drug-likeness (QED) is 0.278. The smallest absolute Gasteiger partial charge is 0.227 e. The molecule has 1 aromatic carbocycles. The molecule has 0 N–H and O–H groups in total. The van der Waals surface area contributed by atoms with Crippen molar-refractivity contribution in [1.82, 2.24) is 9.97 Å². The second-order valence-corrected chi connectivity index (χ2v) is 8.11. The third-order valence-corrected chi connectivity index (χ3v) is 5.78. The van der Waals surface area contributed by atoms with Crippen LogP contribution >= 0.6 is 0 Å². The zero-order valence-electron chi connectivity index (χ0n) is 18.7. The van der Waals surface area contributed by atoms with Crippen LogP contribution in [0.5, 0.6) is 0 Å².